The Morgan fingerprint density at radius 3 is 2.69 bits per heavy atom. The molecule has 1 saturated heterocycles. The second-order valence-corrected chi connectivity index (χ2v) is 6.93. The van der Waals surface area contributed by atoms with Gasteiger partial charge in [-0.25, -0.2) is 0 Å². The molecule has 8 nitrogen and oxygen atoms in total. The van der Waals surface area contributed by atoms with Gasteiger partial charge in [-0.3, -0.25) is 9.59 Å². The van der Waals surface area contributed by atoms with Crippen molar-refractivity contribution in [2.45, 2.75) is 19.3 Å². The Morgan fingerprint density at radius 2 is 1.97 bits per heavy atom. The third-order valence-corrected chi connectivity index (χ3v) is 4.99. The van der Waals surface area contributed by atoms with E-state index in [9.17, 15) is 9.59 Å². The van der Waals surface area contributed by atoms with Gasteiger partial charge in [-0.15, -0.1) is 0 Å². The monoisotopic (exact) mass is 401 g/mol. The van der Waals surface area contributed by atoms with E-state index in [0.717, 1.165) is 31.5 Å². The van der Waals surface area contributed by atoms with E-state index in [1.165, 1.54) is 0 Å². The first-order valence-corrected chi connectivity index (χ1v) is 9.79. The third kappa shape index (κ3) is 5.35. The van der Waals surface area contributed by atoms with Crippen LogP contribution in [0.15, 0.2) is 34.9 Å². The molecule has 0 spiro atoms. The SMILES string of the molecule is COCCN(CCC(=O)N1CCCC1)C(=O)c1cc(-c2cccc(OC)c2)on1. The van der Waals surface area contributed by atoms with Crippen molar-refractivity contribution in [3.63, 3.8) is 0 Å². The predicted octanol–water partition coefficient (Wildman–Crippen LogP) is 2.45. The zero-order valence-corrected chi connectivity index (χ0v) is 16.9. The zero-order valence-electron chi connectivity index (χ0n) is 16.9. The molecule has 2 aromatic rings. The average molecular weight is 401 g/mol. The number of carbonyl (C=O) groups excluding carboxylic acids is 2. The molecule has 0 N–H and O–H groups in total. The molecule has 156 valence electrons. The standard InChI is InChI=1S/C21H27N3O5/c1-27-13-12-24(11-8-20(25)23-9-3-4-10-23)21(26)18-15-19(29-22-18)16-6-5-7-17(14-16)28-2/h5-7,14-15H,3-4,8-13H2,1-2H3. The molecule has 8 heteroatoms. The molecule has 1 aliphatic heterocycles. The van der Waals surface area contributed by atoms with Crippen LogP contribution in [0.5, 0.6) is 5.75 Å². The van der Waals surface area contributed by atoms with Crippen LogP contribution in [0.3, 0.4) is 0 Å². The van der Waals surface area contributed by atoms with Crippen molar-refractivity contribution in [1.29, 1.82) is 0 Å². The van der Waals surface area contributed by atoms with Crippen molar-refractivity contribution in [3.8, 4) is 17.1 Å². The largest absolute Gasteiger partial charge is 0.497 e. The Kier molecular flexibility index (Phi) is 7.24. The van der Waals surface area contributed by atoms with Crippen molar-refractivity contribution in [1.82, 2.24) is 15.0 Å². The second kappa shape index (κ2) is 10.1. The number of amides is 2. The lowest BCUT2D eigenvalue weighted by molar-refractivity contribution is -0.130. The lowest BCUT2D eigenvalue weighted by Crippen LogP contribution is -2.38. The summed E-state index contributed by atoms with van der Waals surface area (Å²) in [6.45, 7) is 2.68. The summed E-state index contributed by atoms with van der Waals surface area (Å²) >= 11 is 0. The fourth-order valence-corrected chi connectivity index (χ4v) is 3.32. The maximum absolute atomic E-state index is 13.0. The first-order valence-electron chi connectivity index (χ1n) is 9.79. The molecule has 1 fully saturated rings. The zero-order chi connectivity index (χ0) is 20.6. The quantitative estimate of drug-likeness (QED) is 0.642. The van der Waals surface area contributed by atoms with Crippen LogP contribution in [0, 0.1) is 0 Å². The van der Waals surface area contributed by atoms with E-state index >= 15 is 0 Å². The molecule has 0 radical (unpaired) electrons. The number of hydrogen-bond acceptors (Lipinski definition) is 6. The number of methoxy groups -OCH3 is 2. The molecular formula is C21H27N3O5. The molecule has 1 aromatic carbocycles. The fourth-order valence-electron chi connectivity index (χ4n) is 3.32. The topological polar surface area (TPSA) is 85.1 Å². The Morgan fingerprint density at radius 1 is 1.17 bits per heavy atom. The third-order valence-electron chi connectivity index (χ3n) is 4.99. The lowest BCUT2D eigenvalue weighted by atomic mass is 10.1. The van der Waals surface area contributed by atoms with E-state index in [-0.39, 0.29) is 23.9 Å². The van der Waals surface area contributed by atoms with Crippen LogP contribution in [0.2, 0.25) is 0 Å². The van der Waals surface area contributed by atoms with Crippen LogP contribution >= 0.6 is 0 Å². The molecule has 0 bridgehead atoms. The van der Waals surface area contributed by atoms with Gasteiger partial charge in [-0.1, -0.05) is 17.3 Å². The van der Waals surface area contributed by atoms with Gasteiger partial charge in [0.25, 0.3) is 5.91 Å². The molecule has 0 saturated carbocycles. The number of hydrogen-bond donors (Lipinski definition) is 0. The van der Waals surface area contributed by atoms with Crippen molar-refractivity contribution in [2.75, 3.05) is 47.0 Å². The average Bonchev–Trinajstić information content (AvgIpc) is 3.45. The number of nitrogens with zero attached hydrogens (tertiary/aromatic N) is 3. The number of aromatic nitrogens is 1. The van der Waals surface area contributed by atoms with E-state index in [2.05, 4.69) is 5.16 Å². The van der Waals surface area contributed by atoms with Crippen LogP contribution in [0.4, 0.5) is 0 Å². The maximum Gasteiger partial charge on any atom is 0.276 e. The van der Waals surface area contributed by atoms with Crippen molar-refractivity contribution in [3.05, 3.63) is 36.0 Å². The van der Waals surface area contributed by atoms with Crippen LogP contribution in [-0.2, 0) is 9.53 Å². The van der Waals surface area contributed by atoms with Crippen molar-refractivity contribution < 1.29 is 23.6 Å². The highest BCUT2D eigenvalue weighted by Gasteiger charge is 2.23. The van der Waals surface area contributed by atoms with Gasteiger partial charge in [0, 0.05) is 51.3 Å². The lowest BCUT2D eigenvalue weighted by Gasteiger charge is -2.22. The maximum atomic E-state index is 13.0. The first-order chi connectivity index (χ1) is 14.1. The van der Waals surface area contributed by atoms with Gasteiger partial charge in [0.15, 0.2) is 11.5 Å². The first kappa shape index (κ1) is 20.9. The summed E-state index contributed by atoms with van der Waals surface area (Å²) in [6, 6.07) is 8.95. The molecule has 2 heterocycles. The normalized spacial score (nSPS) is 13.5. The Labute approximate surface area is 170 Å². The molecule has 29 heavy (non-hydrogen) atoms. The summed E-state index contributed by atoms with van der Waals surface area (Å²) in [5, 5.41) is 3.94. The summed E-state index contributed by atoms with van der Waals surface area (Å²) in [5.74, 6) is 0.963. The fraction of sp³-hybridized carbons (Fsp3) is 0.476. The van der Waals surface area contributed by atoms with Gasteiger partial charge in [0.05, 0.1) is 13.7 Å². The summed E-state index contributed by atoms with van der Waals surface area (Å²) in [4.78, 5) is 28.7. The predicted molar refractivity (Wildman–Crippen MR) is 107 cm³/mol. The molecule has 2 amide bonds. The van der Waals surface area contributed by atoms with Gasteiger partial charge in [0.2, 0.25) is 5.91 Å². The molecule has 0 unspecified atom stereocenters. The molecular weight excluding hydrogens is 374 g/mol. The number of carbonyl (C=O) groups is 2. The van der Waals surface area contributed by atoms with Gasteiger partial charge in [-0.05, 0) is 25.0 Å². The number of ether oxygens (including phenoxy) is 2. The minimum atomic E-state index is -0.283. The van der Waals surface area contributed by atoms with E-state index < -0.39 is 0 Å². The van der Waals surface area contributed by atoms with E-state index in [0.29, 0.717) is 31.2 Å². The van der Waals surface area contributed by atoms with Gasteiger partial charge >= 0.3 is 0 Å². The second-order valence-electron chi connectivity index (χ2n) is 6.93. The number of benzene rings is 1. The molecule has 0 atom stereocenters. The summed E-state index contributed by atoms with van der Waals surface area (Å²) < 4.78 is 15.7. The molecule has 1 aromatic heterocycles. The highest BCUT2D eigenvalue weighted by Crippen LogP contribution is 2.25. The minimum absolute atomic E-state index is 0.0786. The van der Waals surface area contributed by atoms with E-state index in [4.69, 9.17) is 14.0 Å². The number of rotatable bonds is 9. The van der Waals surface area contributed by atoms with E-state index in [1.807, 2.05) is 29.2 Å². The van der Waals surface area contributed by atoms with E-state index in [1.54, 1.807) is 25.2 Å². The van der Waals surface area contributed by atoms with Crippen molar-refractivity contribution >= 4 is 11.8 Å². The molecule has 0 aliphatic carbocycles. The van der Waals surface area contributed by atoms with Crippen LogP contribution in [-0.4, -0.2) is 73.8 Å². The summed E-state index contributed by atoms with van der Waals surface area (Å²) in [5.41, 5.74) is 0.969. The van der Waals surface area contributed by atoms with Gasteiger partial charge in [-0.2, -0.15) is 0 Å². The highest BCUT2D eigenvalue weighted by molar-refractivity contribution is 5.93. The molecule has 3 rings (SSSR count). The minimum Gasteiger partial charge on any atom is -0.497 e. The number of likely N-dealkylation sites (tertiary alicyclic amines) is 1. The van der Waals surface area contributed by atoms with Gasteiger partial charge in [0.1, 0.15) is 5.75 Å². The van der Waals surface area contributed by atoms with Crippen LogP contribution in [0.1, 0.15) is 29.8 Å². The van der Waals surface area contributed by atoms with Gasteiger partial charge < -0.3 is 23.8 Å². The highest BCUT2D eigenvalue weighted by atomic mass is 16.5. The smallest absolute Gasteiger partial charge is 0.276 e. The Hall–Kier alpha value is -2.87. The van der Waals surface area contributed by atoms with Crippen molar-refractivity contribution in [2.24, 2.45) is 0 Å². The van der Waals surface area contributed by atoms with Crippen LogP contribution in [0.25, 0.3) is 11.3 Å². The summed E-state index contributed by atoms with van der Waals surface area (Å²) in [7, 11) is 3.17. The Balaban J connectivity index is 1.68. The van der Waals surface area contributed by atoms with Crippen LogP contribution < -0.4 is 4.74 Å². The Bertz CT molecular complexity index is 829. The molecule has 1 aliphatic rings. The summed E-state index contributed by atoms with van der Waals surface area (Å²) in [6.07, 6.45) is 2.38.